The third-order valence-corrected chi connectivity index (χ3v) is 4.48. The highest BCUT2D eigenvalue weighted by Gasteiger charge is 2.22. The summed E-state index contributed by atoms with van der Waals surface area (Å²) in [6.45, 7) is 5.83. The SMILES string of the molecule is C=Cc1ccc2ncc(-c3ccc(N4CCN(C)CC4=O)cc3)n2n1. The van der Waals surface area contributed by atoms with E-state index in [1.54, 1.807) is 6.08 Å². The molecule has 6 heteroatoms. The number of nitrogens with zero attached hydrogens (tertiary/aromatic N) is 5. The minimum atomic E-state index is 0.133. The zero-order chi connectivity index (χ0) is 17.4. The molecule has 0 unspecified atom stereocenters. The summed E-state index contributed by atoms with van der Waals surface area (Å²) in [7, 11) is 1.97. The zero-order valence-corrected chi connectivity index (χ0v) is 14.1. The van der Waals surface area contributed by atoms with Crippen LogP contribution in [0.1, 0.15) is 5.69 Å². The van der Waals surface area contributed by atoms with Gasteiger partial charge >= 0.3 is 0 Å². The maximum absolute atomic E-state index is 12.2. The van der Waals surface area contributed by atoms with Crippen molar-refractivity contribution in [3.63, 3.8) is 0 Å². The van der Waals surface area contributed by atoms with Gasteiger partial charge in [0, 0.05) is 24.3 Å². The van der Waals surface area contributed by atoms with Gasteiger partial charge in [0.25, 0.3) is 0 Å². The fraction of sp³-hybridized carbons (Fsp3) is 0.211. The van der Waals surface area contributed by atoms with Crippen LogP contribution in [0, 0.1) is 0 Å². The number of amides is 1. The predicted molar refractivity (Wildman–Crippen MR) is 98.4 cm³/mol. The van der Waals surface area contributed by atoms with E-state index in [2.05, 4.69) is 16.7 Å². The Morgan fingerprint density at radius 1 is 1.12 bits per heavy atom. The second kappa shape index (κ2) is 6.14. The van der Waals surface area contributed by atoms with Gasteiger partial charge in [-0.1, -0.05) is 18.7 Å². The minimum Gasteiger partial charge on any atom is -0.310 e. The molecule has 0 atom stereocenters. The van der Waals surface area contributed by atoms with Crippen LogP contribution in [0.15, 0.2) is 49.2 Å². The highest BCUT2D eigenvalue weighted by molar-refractivity contribution is 5.95. The Morgan fingerprint density at radius 3 is 2.64 bits per heavy atom. The van der Waals surface area contributed by atoms with Gasteiger partial charge in [0.05, 0.1) is 24.1 Å². The fourth-order valence-corrected chi connectivity index (χ4v) is 3.07. The Labute approximate surface area is 146 Å². The van der Waals surface area contributed by atoms with Crippen molar-refractivity contribution < 1.29 is 4.79 Å². The van der Waals surface area contributed by atoms with Crippen molar-refractivity contribution in [1.29, 1.82) is 0 Å². The van der Waals surface area contributed by atoms with E-state index in [1.165, 1.54) is 0 Å². The van der Waals surface area contributed by atoms with Gasteiger partial charge in [-0.2, -0.15) is 5.10 Å². The molecule has 0 N–H and O–H groups in total. The first-order valence-electron chi connectivity index (χ1n) is 8.22. The Bertz CT molecular complexity index is 944. The summed E-state index contributed by atoms with van der Waals surface area (Å²) in [5, 5.41) is 4.53. The van der Waals surface area contributed by atoms with E-state index in [0.717, 1.165) is 34.8 Å². The molecule has 2 aromatic heterocycles. The largest absolute Gasteiger partial charge is 0.310 e. The molecule has 6 nitrogen and oxygen atoms in total. The van der Waals surface area contributed by atoms with E-state index in [0.29, 0.717) is 13.1 Å². The summed E-state index contributed by atoms with van der Waals surface area (Å²) in [6, 6.07) is 11.8. The number of benzene rings is 1. The van der Waals surface area contributed by atoms with Crippen LogP contribution in [0.2, 0.25) is 0 Å². The number of imidazole rings is 1. The van der Waals surface area contributed by atoms with Gasteiger partial charge in [-0.15, -0.1) is 0 Å². The van der Waals surface area contributed by atoms with Crippen molar-refractivity contribution >= 4 is 23.3 Å². The Balaban J connectivity index is 1.66. The monoisotopic (exact) mass is 333 g/mol. The maximum atomic E-state index is 12.2. The molecule has 25 heavy (non-hydrogen) atoms. The summed E-state index contributed by atoms with van der Waals surface area (Å²) < 4.78 is 1.81. The minimum absolute atomic E-state index is 0.133. The maximum Gasteiger partial charge on any atom is 0.241 e. The molecule has 1 amide bonds. The lowest BCUT2D eigenvalue weighted by Gasteiger charge is -2.32. The van der Waals surface area contributed by atoms with E-state index in [-0.39, 0.29) is 5.91 Å². The first-order chi connectivity index (χ1) is 12.2. The molecule has 0 bridgehead atoms. The number of hydrogen-bond acceptors (Lipinski definition) is 4. The fourth-order valence-electron chi connectivity index (χ4n) is 3.07. The van der Waals surface area contributed by atoms with Crippen LogP contribution in [0.5, 0.6) is 0 Å². The number of rotatable bonds is 3. The molecule has 1 saturated heterocycles. The van der Waals surface area contributed by atoms with Gasteiger partial charge < -0.3 is 4.90 Å². The number of carbonyl (C=O) groups excluding carboxylic acids is 1. The highest BCUT2D eigenvalue weighted by atomic mass is 16.2. The average molecular weight is 333 g/mol. The number of anilines is 1. The lowest BCUT2D eigenvalue weighted by atomic mass is 10.1. The topological polar surface area (TPSA) is 53.7 Å². The van der Waals surface area contributed by atoms with E-state index in [9.17, 15) is 4.79 Å². The van der Waals surface area contributed by atoms with Crippen LogP contribution in [0.25, 0.3) is 23.0 Å². The summed E-state index contributed by atoms with van der Waals surface area (Å²) in [6.07, 6.45) is 3.52. The lowest BCUT2D eigenvalue weighted by Crippen LogP contribution is -2.48. The van der Waals surface area contributed by atoms with Crippen LogP contribution in [0.3, 0.4) is 0 Å². The molecular formula is C19H19N5O. The number of fused-ring (bicyclic) bond motifs is 1. The Kier molecular flexibility index (Phi) is 3.82. The summed E-state index contributed by atoms with van der Waals surface area (Å²) in [5.41, 5.74) is 4.43. The van der Waals surface area contributed by atoms with Crippen molar-refractivity contribution in [2.75, 3.05) is 31.6 Å². The number of likely N-dealkylation sites (N-methyl/N-ethyl adjacent to an activating group) is 1. The molecule has 4 rings (SSSR count). The second-order valence-corrected chi connectivity index (χ2v) is 6.21. The molecule has 3 heterocycles. The smallest absolute Gasteiger partial charge is 0.241 e. The van der Waals surface area contributed by atoms with Crippen molar-refractivity contribution in [2.24, 2.45) is 0 Å². The molecule has 126 valence electrons. The first kappa shape index (κ1) is 15.5. The van der Waals surface area contributed by atoms with Gasteiger partial charge in [0.2, 0.25) is 5.91 Å². The van der Waals surface area contributed by atoms with Gasteiger partial charge in [-0.05, 0) is 37.4 Å². The third-order valence-electron chi connectivity index (χ3n) is 4.48. The van der Waals surface area contributed by atoms with Gasteiger partial charge in [-0.3, -0.25) is 9.69 Å². The predicted octanol–water partition coefficient (Wildman–Crippen LogP) is 2.32. The lowest BCUT2D eigenvalue weighted by molar-refractivity contribution is -0.120. The molecule has 0 spiro atoms. The summed E-state index contributed by atoms with van der Waals surface area (Å²) in [4.78, 5) is 20.5. The molecule has 1 aromatic carbocycles. The molecular weight excluding hydrogens is 314 g/mol. The number of hydrogen-bond donors (Lipinski definition) is 0. The Hall–Kier alpha value is -2.99. The number of carbonyl (C=O) groups is 1. The normalized spacial score (nSPS) is 15.7. The zero-order valence-electron chi connectivity index (χ0n) is 14.1. The standard InChI is InChI=1S/C19H19N5O/c1-3-15-6-9-18-20-12-17(24(18)21-15)14-4-7-16(8-5-14)23-11-10-22(2)13-19(23)25/h3-9,12H,1,10-11,13H2,2H3. The van der Waals surface area contributed by atoms with Crippen molar-refractivity contribution in [3.8, 4) is 11.3 Å². The van der Waals surface area contributed by atoms with Crippen molar-refractivity contribution in [3.05, 3.63) is 54.9 Å². The van der Waals surface area contributed by atoms with Gasteiger partial charge in [-0.25, -0.2) is 9.50 Å². The van der Waals surface area contributed by atoms with E-state index in [4.69, 9.17) is 0 Å². The molecule has 3 aromatic rings. The molecule has 1 aliphatic heterocycles. The quantitative estimate of drug-likeness (QED) is 0.738. The van der Waals surface area contributed by atoms with E-state index in [1.807, 2.05) is 64.0 Å². The number of piperazine rings is 1. The van der Waals surface area contributed by atoms with Gasteiger partial charge in [0.15, 0.2) is 5.65 Å². The average Bonchev–Trinajstić information content (AvgIpc) is 3.05. The third kappa shape index (κ3) is 2.81. The van der Waals surface area contributed by atoms with E-state index < -0.39 is 0 Å². The first-order valence-corrected chi connectivity index (χ1v) is 8.22. The summed E-state index contributed by atoms with van der Waals surface area (Å²) in [5.74, 6) is 0.133. The van der Waals surface area contributed by atoms with E-state index >= 15 is 0 Å². The second-order valence-electron chi connectivity index (χ2n) is 6.21. The molecule has 1 fully saturated rings. The molecule has 1 aliphatic rings. The van der Waals surface area contributed by atoms with Gasteiger partial charge in [0.1, 0.15) is 0 Å². The number of aromatic nitrogens is 3. The van der Waals surface area contributed by atoms with Crippen molar-refractivity contribution in [1.82, 2.24) is 19.5 Å². The highest BCUT2D eigenvalue weighted by Crippen LogP contribution is 2.24. The van der Waals surface area contributed by atoms with Crippen LogP contribution >= 0.6 is 0 Å². The Morgan fingerprint density at radius 2 is 1.92 bits per heavy atom. The van der Waals surface area contributed by atoms with Crippen LogP contribution in [-0.4, -0.2) is 52.1 Å². The summed E-state index contributed by atoms with van der Waals surface area (Å²) >= 11 is 0. The molecule has 0 radical (unpaired) electrons. The molecule has 0 saturated carbocycles. The van der Waals surface area contributed by atoms with Crippen LogP contribution < -0.4 is 4.90 Å². The molecule has 0 aliphatic carbocycles. The van der Waals surface area contributed by atoms with Crippen LogP contribution in [-0.2, 0) is 4.79 Å². The van der Waals surface area contributed by atoms with Crippen molar-refractivity contribution in [2.45, 2.75) is 0 Å². The van der Waals surface area contributed by atoms with Crippen LogP contribution in [0.4, 0.5) is 5.69 Å².